The van der Waals surface area contributed by atoms with E-state index in [1.165, 1.54) is 0 Å². The molecule has 1 fully saturated rings. The second-order valence-electron chi connectivity index (χ2n) is 4.40. The first kappa shape index (κ1) is 20.5. The lowest BCUT2D eigenvalue weighted by Crippen LogP contribution is -2.74. The van der Waals surface area contributed by atoms with E-state index >= 15 is 0 Å². The second kappa shape index (κ2) is 4.52. The van der Waals surface area contributed by atoms with E-state index in [9.17, 15) is 61.3 Å². The van der Waals surface area contributed by atoms with Crippen LogP contribution in [0.15, 0.2) is 0 Å². The second-order valence-corrected chi connectivity index (χ2v) is 6.62. The van der Waals surface area contributed by atoms with Gasteiger partial charge >= 0.3 is 35.3 Å². The van der Waals surface area contributed by atoms with Crippen molar-refractivity contribution in [3.05, 3.63) is 0 Å². The lowest BCUT2D eigenvalue weighted by atomic mass is 9.94. The predicted molar refractivity (Wildman–Crippen MR) is 44.8 cm³/mol. The fourth-order valence-electron chi connectivity index (χ4n) is 1.50. The minimum Gasteiger partial charge on any atom is -0.346 e. The summed E-state index contributed by atoms with van der Waals surface area (Å²) in [7, 11) is -8.45. The Kier molecular flexibility index (Phi) is 4.02. The summed E-state index contributed by atoms with van der Waals surface area (Å²) < 4.78 is 180. The largest absolute Gasteiger partial charge is 0.387 e. The standard InChI is InChI=1S/C7H2F14OP/c8-1-2(9,10)3(11,12)4(13,14)5(15,16)6(17,18)7(19,20)23(1,21)22/h1,22H. The van der Waals surface area contributed by atoms with E-state index in [4.69, 9.17) is 4.89 Å². The van der Waals surface area contributed by atoms with Gasteiger partial charge in [0, 0.05) is 0 Å². The topological polar surface area (TPSA) is 20.2 Å². The van der Waals surface area contributed by atoms with E-state index in [1.54, 1.807) is 0 Å². The van der Waals surface area contributed by atoms with Crippen molar-refractivity contribution < 1.29 is 66.2 Å². The predicted octanol–water partition coefficient (Wildman–Crippen LogP) is 4.87. The molecule has 139 valence electrons. The zero-order valence-corrected chi connectivity index (χ0v) is 10.7. The van der Waals surface area contributed by atoms with Crippen LogP contribution in [0, 0.1) is 0 Å². The average Bonchev–Trinajstić information content (AvgIpc) is 2.35. The van der Waals surface area contributed by atoms with Crippen LogP contribution in [0.1, 0.15) is 0 Å². The molecule has 0 aromatic carbocycles. The van der Waals surface area contributed by atoms with Crippen molar-refractivity contribution in [1.82, 2.24) is 0 Å². The zero-order valence-electron chi connectivity index (χ0n) is 9.76. The van der Waals surface area contributed by atoms with Crippen molar-refractivity contribution in [2.75, 3.05) is 0 Å². The highest BCUT2D eigenvalue weighted by Gasteiger charge is 2.97. The molecule has 0 bridgehead atoms. The number of hydrogen-bond donors (Lipinski definition) is 1. The van der Waals surface area contributed by atoms with Gasteiger partial charge in [0.05, 0.1) is 0 Å². The van der Waals surface area contributed by atoms with Crippen LogP contribution >= 0.6 is 7.80 Å². The van der Waals surface area contributed by atoms with E-state index in [-0.39, 0.29) is 0 Å². The molecule has 1 N–H and O–H groups in total. The molecule has 1 radical (unpaired) electrons. The van der Waals surface area contributed by atoms with Crippen molar-refractivity contribution in [3.63, 3.8) is 0 Å². The van der Waals surface area contributed by atoms with Crippen LogP contribution in [0.25, 0.3) is 0 Å². The lowest BCUT2D eigenvalue weighted by molar-refractivity contribution is -0.425. The molecule has 1 aliphatic rings. The van der Waals surface area contributed by atoms with Gasteiger partial charge in [0.2, 0.25) is 5.91 Å². The molecule has 1 aliphatic heterocycles. The van der Waals surface area contributed by atoms with Gasteiger partial charge in [-0.25, -0.2) is 4.39 Å². The monoisotopic (exact) mass is 399 g/mol. The van der Waals surface area contributed by atoms with Crippen LogP contribution < -0.4 is 0 Å². The van der Waals surface area contributed by atoms with E-state index < -0.39 is 49.0 Å². The van der Waals surface area contributed by atoms with Gasteiger partial charge in [-0.3, -0.25) is 0 Å². The summed E-state index contributed by atoms with van der Waals surface area (Å²) in [6.07, 6.45) is 0. The maximum atomic E-state index is 13.1. The summed E-state index contributed by atoms with van der Waals surface area (Å²) in [5.74, 6) is -44.8. The quantitative estimate of drug-likeness (QED) is 0.455. The summed E-state index contributed by atoms with van der Waals surface area (Å²) >= 11 is 0. The Balaban J connectivity index is 3.95. The van der Waals surface area contributed by atoms with Gasteiger partial charge in [0.25, 0.3) is 7.80 Å². The van der Waals surface area contributed by atoms with Gasteiger partial charge in [-0.15, -0.1) is 0 Å². The third-order valence-corrected chi connectivity index (χ3v) is 4.97. The summed E-state index contributed by atoms with van der Waals surface area (Å²) in [5.41, 5.74) is -7.52. The molecule has 23 heavy (non-hydrogen) atoms. The van der Waals surface area contributed by atoms with Crippen molar-refractivity contribution in [1.29, 1.82) is 0 Å². The molecule has 16 heteroatoms. The highest BCUT2D eigenvalue weighted by molar-refractivity contribution is 7.67. The molecule has 0 aliphatic carbocycles. The first-order chi connectivity index (χ1) is 9.65. The number of halogens is 14. The molecule has 1 nitrogen and oxygen atoms in total. The van der Waals surface area contributed by atoms with Crippen LogP contribution in [-0.4, -0.2) is 46.1 Å². The summed E-state index contributed by atoms with van der Waals surface area (Å²) in [5, 5.41) is 0. The molecule has 0 saturated carbocycles. The summed E-state index contributed by atoms with van der Waals surface area (Å²) in [6.45, 7) is 0. The Labute approximate surface area is 116 Å². The molecule has 0 aromatic rings. The molecular formula is C7H2F14OP. The third kappa shape index (κ3) is 1.89. The van der Waals surface area contributed by atoms with Crippen LogP contribution in [-0.2, 0) is 0 Å². The minimum atomic E-state index is -8.45. The Morgan fingerprint density at radius 1 is 0.609 bits per heavy atom. The normalized spacial score (nSPS) is 40.0. The lowest BCUT2D eigenvalue weighted by Gasteiger charge is -2.48. The van der Waals surface area contributed by atoms with Crippen molar-refractivity contribution in [2.45, 2.75) is 41.2 Å². The van der Waals surface area contributed by atoms with Crippen LogP contribution in [0.2, 0.25) is 0 Å². The maximum Gasteiger partial charge on any atom is 0.387 e. The van der Waals surface area contributed by atoms with Crippen LogP contribution in [0.5, 0.6) is 0 Å². The number of alkyl halides is 13. The fourth-order valence-corrected chi connectivity index (χ4v) is 2.91. The van der Waals surface area contributed by atoms with E-state index in [1.807, 2.05) is 0 Å². The smallest absolute Gasteiger partial charge is 0.346 e. The highest BCUT2D eigenvalue weighted by Crippen LogP contribution is 2.83. The third-order valence-electron chi connectivity index (χ3n) is 2.97. The summed E-state index contributed by atoms with van der Waals surface area (Å²) in [6, 6.07) is 0. The molecule has 2 unspecified atom stereocenters. The maximum absolute atomic E-state index is 13.1. The van der Waals surface area contributed by atoms with Gasteiger partial charge in [0.15, 0.2) is 0 Å². The van der Waals surface area contributed by atoms with Crippen molar-refractivity contribution in [2.24, 2.45) is 0 Å². The summed E-state index contributed by atoms with van der Waals surface area (Å²) in [4.78, 5) is 8.23. The SMILES string of the molecule is O[P]1(F)C(F)C(F)(F)C(F)(F)C(F)(F)C(F)(F)C(F)(F)C1(F)F. The van der Waals surface area contributed by atoms with Gasteiger partial charge in [-0.2, -0.15) is 56.9 Å². The average molecular weight is 399 g/mol. The fraction of sp³-hybridized carbons (Fsp3) is 1.00. The van der Waals surface area contributed by atoms with Crippen molar-refractivity contribution >= 4 is 7.80 Å². The van der Waals surface area contributed by atoms with E-state index in [2.05, 4.69) is 0 Å². The van der Waals surface area contributed by atoms with Gasteiger partial charge in [-0.1, -0.05) is 0 Å². The molecule has 1 rings (SSSR count). The zero-order chi connectivity index (χ0) is 19.1. The van der Waals surface area contributed by atoms with Gasteiger partial charge in [-0.05, 0) is 0 Å². The Morgan fingerprint density at radius 3 is 1.26 bits per heavy atom. The number of rotatable bonds is 0. The number of hydrogen-bond acceptors (Lipinski definition) is 1. The van der Waals surface area contributed by atoms with E-state index in [0.29, 0.717) is 0 Å². The first-order valence-electron chi connectivity index (χ1n) is 4.88. The van der Waals surface area contributed by atoms with Gasteiger partial charge < -0.3 is 4.89 Å². The molecule has 1 heterocycles. The van der Waals surface area contributed by atoms with E-state index in [0.717, 1.165) is 0 Å². The molecule has 0 spiro atoms. The molecule has 0 amide bonds. The van der Waals surface area contributed by atoms with Crippen molar-refractivity contribution in [3.8, 4) is 0 Å². The minimum absolute atomic E-state index is 5.99. The molecule has 1 saturated heterocycles. The van der Waals surface area contributed by atoms with Gasteiger partial charge in [0.1, 0.15) is 0 Å². The van der Waals surface area contributed by atoms with Crippen LogP contribution in [0.3, 0.4) is 0 Å². The Hall–Kier alpha value is -0.590. The molecule has 0 aromatic heterocycles. The Bertz CT molecular complexity index is 455. The Morgan fingerprint density at radius 2 is 0.913 bits per heavy atom. The highest BCUT2D eigenvalue weighted by atomic mass is 31.2. The first-order valence-corrected chi connectivity index (χ1v) is 6.58. The van der Waals surface area contributed by atoms with Crippen LogP contribution in [0.4, 0.5) is 61.3 Å². The molecule has 2 atom stereocenters. The molecular weight excluding hydrogens is 397 g/mol.